The maximum Gasteiger partial charge on any atom is 0.289 e. The molecule has 8 heteroatoms. The number of hydrogen-bond donors (Lipinski definition) is 0. The Morgan fingerprint density at radius 3 is 2.06 bits per heavy atom. The molecule has 4 rings (SSSR count). The number of rotatable bonds is 4. The molecular formula is C23H29FN4O3. The minimum Gasteiger partial charge on any atom is -0.456 e. The van der Waals surface area contributed by atoms with Gasteiger partial charge in [-0.15, -0.1) is 0 Å². The summed E-state index contributed by atoms with van der Waals surface area (Å²) >= 11 is 0. The van der Waals surface area contributed by atoms with Gasteiger partial charge in [-0.1, -0.05) is 0 Å². The number of benzene rings is 1. The third-order valence-electron chi connectivity index (χ3n) is 6.24. The Hall–Kier alpha value is -2.87. The number of amides is 2. The first-order valence-corrected chi connectivity index (χ1v) is 10.8. The fourth-order valence-electron chi connectivity index (χ4n) is 4.27. The first-order chi connectivity index (χ1) is 14.9. The number of nitrogens with zero attached hydrogens (tertiary/aromatic N) is 4. The molecular weight excluding hydrogens is 399 g/mol. The molecule has 7 nitrogen and oxygen atoms in total. The van der Waals surface area contributed by atoms with E-state index in [0.717, 1.165) is 24.5 Å². The number of halogens is 1. The highest BCUT2D eigenvalue weighted by Gasteiger charge is 2.32. The highest BCUT2D eigenvalue weighted by molar-refractivity contribution is 5.91. The third-order valence-corrected chi connectivity index (χ3v) is 6.24. The molecule has 1 unspecified atom stereocenters. The van der Waals surface area contributed by atoms with Gasteiger partial charge in [0.05, 0.1) is 6.04 Å². The Labute approximate surface area is 182 Å². The lowest BCUT2D eigenvalue weighted by atomic mass is 10.1. The van der Waals surface area contributed by atoms with Crippen molar-refractivity contribution in [3.05, 3.63) is 53.7 Å². The Morgan fingerprint density at radius 1 is 0.871 bits per heavy atom. The number of carbonyl (C=O) groups is 2. The Kier molecular flexibility index (Phi) is 6.27. The largest absolute Gasteiger partial charge is 0.456 e. The van der Waals surface area contributed by atoms with E-state index in [2.05, 4.69) is 9.80 Å². The van der Waals surface area contributed by atoms with Gasteiger partial charge in [0, 0.05) is 58.0 Å². The van der Waals surface area contributed by atoms with Crippen molar-refractivity contribution in [2.45, 2.75) is 19.9 Å². The van der Waals surface area contributed by atoms with E-state index in [1.807, 2.05) is 18.7 Å². The Morgan fingerprint density at radius 2 is 1.48 bits per heavy atom. The number of carbonyl (C=O) groups excluding carboxylic acids is 2. The summed E-state index contributed by atoms with van der Waals surface area (Å²) in [5.41, 5.74) is 0.981. The predicted molar refractivity (Wildman–Crippen MR) is 116 cm³/mol. The second-order valence-electron chi connectivity index (χ2n) is 8.20. The van der Waals surface area contributed by atoms with Crippen molar-refractivity contribution >= 4 is 17.5 Å². The van der Waals surface area contributed by atoms with Crippen molar-refractivity contribution in [2.24, 2.45) is 0 Å². The topological polar surface area (TPSA) is 60.2 Å². The fourth-order valence-corrected chi connectivity index (χ4v) is 4.27. The molecule has 2 aliphatic heterocycles. The van der Waals surface area contributed by atoms with Crippen molar-refractivity contribution in [2.75, 3.05) is 57.3 Å². The number of hydrogen-bond acceptors (Lipinski definition) is 5. The van der Waals surface area contributed by atoms with Crippen LogP contribution >= 0.6 is 0 Å². The smallest absolute Gasteiger partial charge is 0.289 e. The molecule has 3 heterocycles. The molecule has 166 valence electrons. The van der Waals surface area contributed by atoms with Crippen LogP contribution in [0.25, 0.3) is 0 Å². The van der Waals surface area contributed by atoms with Crippen molar-refractivity contribution in [1.29, 1.82) is 0 Å². The van der Waals surface area contributed by atoms with E-state index in [9.17, 15) is 14.0 Å². The monoisotopic (exact) mass is 428 g/mol. The zero-order chi connectivity index (χ0) is 22.0. The third kappa shape index (κ3) is 4.74. The summed E-state index contributed by atoms with van der Waals surface area (Å²) in [6, 6.07) is 9.77. The van der Waals surface area contributed by atoms with Gasteiger partial charge >= 0.3 is 0 Å². The van der Waals surface area contributed by atoms with E-state index in [1.54, 1.807) is 29.2 Å². The lowest BCUT2D eigenvalue weighted by molar-refractivity contribution is -0.137. The predicted octanol–water partition coefficient (Wildman–Crippen LogP) is 2.22. The summed E-state index contributed by atoms with van der Waals surface area (Å²) in [5.74, 6) is 0.881. The van der Waals surface area contributed by atoms with Crippen molar-refractivity contribution in [3.8, 4) is 0 Å². The summed E-state index contributed by atoms with van der Waals surface area (Å²) in [7, 11) is 0. The van der Waals surface area contributed by atoms with Crippen molar-refractivity contribution < 1.29 is 18.4 Å². The molecule has 0 saturated carbocycles. The van der Waals surface area contributed by atoms with Crippen LogP contribution in [0.1, 0.15) is 23.2 Å². The zero-order valence-electron chi connectivity index (χ0n) is 18.1. The molecule has 2 amide bonds. The second-order valence-corrected chi connectivity index (χ2v) is 8.20. The van der Waals surface area contributed by atoms with Crippen LogP contribution in [-0.2, 0) is 4.79 Å². The van der Waals surface area contributed by atoms with Gasteiger partial charge in [-0.3, -0.25) is 14.5 Å². The van der Waals surface area contributed by atoms with Crippen LogP contribution in [0.2, 0.25) is 0 Å². The molecule has 2 fully saturated rings. The molecule has 0 N–H and O–H groups in total. The van der Waals surface area contributed by atoms with E-state index in [1.165, 1.54) is 12.1 Å². The summed E-state index contributed by atoms with van der Waals surface area (Å²) in [6.07, 6.45) is 0. The average molecular weight is 429 g/mol. The van der Waals surface area contributed by atoms with Gasteiger partial charge in [0.2, 0.25) is 5.91 Å². The SMILES string of the molecule is Cc1ccc(C(=O)N2CCN(C(C)C(=O)N3CCN(c4ccc(F)cc4)CC3)CC2)o1. The van der Waals surface area contributed by atoms with Gasteiger partial charge in [-0.25, -0.2) is 4.39 Å². The summed E-state index contributed by atoms with van der Waals surface area (Å²) in [6.45, 7) is 9.01. The molecule has 0 spiro atoms. The minimum absolute atomic E-state index is 0.0938. The first kappa shape index (κ1) is 21.4. The van der Waals surface area contributed by atoms with E-state index < -0.39 is 0 Å². The van der Waals surface area contributed by atoms with Crippen LogP contribution in [0.3, 0.4) is 0 Å². The summed E-state index contributed by atoms with van der Waals surface area (Å²) in [5, 5.41) is 0. The maximum atomic E-state index is 13.1. The standard InChI is InChI=1S/C23H29FN4O3/c1-17-3-8-21(31-17)23(30)28-13-9-25(10-14-28)18(2)22(29)27-15-11-26(12-16-27)20-6-4-19(24)5-7-20/h3-8,18H,9-16H2,1-2H3. The number of anilines is 1. The highest BCUT2D eigenvalue weighted by Crippen LogP contribution is 2.19. The van der Waals surface area contributed by atoms with E-state index in [-0.39, 0.29) is 23.7 Å². The van der Waals surface area contributed by atoms with Crippen molar-refractivity contribution in [3.63, 3.8) is 0 Å². The van der Waals surface area contributed by atoms with E-state index >= 15 is 0 Å². The molecule has 2 aliphatic rings. The van der Waals surface area contributed by atoms with Crippen LogP contribution in [0.4, 0.5) is 10.1 Å². The highest BCUT2D eigenvalue weighted by atomic mass is 19.1. The van der Waals surface area contributed by atoms with Crippen LogP contribution < -0.4 is 4.90 Å². The minimum atomic E-state index is -0.243. The van der Waals surface area contributed by atoms with Gasteiger partial charge < -0.3 is 19.1 Å². The summed E-state index contributed by atoms with van der Waals surface area (Å²) < 4.78 is 18.6. The average Bonchev–Trinajstić information content (AvgIpc) is 3.24. The zero-order valence-corrected chi connectivity index (χ0v) is 18.1. The van der Waals surface area contributed by atoms with E-state index in [4.69, 9.17) is 4.42 Å². The van der Waals surface area contributed by atoms with Crippen LogP contribution in [0.5, 0.6) is 0 Å². The molecule has 31 heavy (non-hydrogen) atoms. The molecule has 2 aromatic rings. The molecule has 1 aromatic carbocycles. The number of furan rings is 1. The van der Waals surface area contributed by atoms with Crippen LogP contribution in [0, 0.1) is 12.7 Å². The Balaban J connectivity index is 1.26. The van der Waals surface area contributed by atoms with Gasteiger partial charge in [-0.2, -0.15) is 0 Å². The molecule has 1 aromatic heterocycles. The number of piperazine rings is 2. The van der Waals surface area contributed by atoms with E-state index in [0.29, 0.717) is 45.0 Å². The van der Waals surface area contributed by atoms with Gasteiger partial charge in [0.25, 0.3) is 5.91 Å². The van der Waals surface area contributed by atoms with Gasteiger partial charge in [0.1, 0.15) is 11.6 Å². The number of aryl methyl sites for hydroxylation is 1. The fraction of sp³-hybridized carbons (Fsp3) is 0.478. The summed E-state index contributed by atoms with van der Waals surface area (Å²) in [4.78, 5) is 33.6. The lowest BCUT2D eigenvalue weighted by Gasteiger charge is -2.41. The van der Waals surface area contributed by atoms with Crippen molar-refractivity contribution in [1.82, 2.24) is 14.7 Å². The quantitative estimate of drug-likeness (QED) is 0.748. The molecule has 2 saturated heterocycles. The molecule has 1 atom stereocenters. The first-order valence-electron chi connectivity index (χ1n) is 10.8. The molecule has 0 radical (unpaired) electrons. The lowest BCUT2D eigenvalue weighted by Crippen LogP contribution is -2.58. The van der Waals surface area contributed by atoms with Gasteiger partial charge in [-0.05, 0) is 50.2 Å². The van der Waals surface area contributed by atoms with Crippen LogP contribution in [-0.4, -0.2) is 84.9 Å². The van der Waals surface area contributed by atoms with Gasteiger partial charge in [0.15, 0.2) is 5.76 Å². The maximum absolute atomic E-state index is 13.1. The van der Waals surface area contributed by atoms with Crippen LogP contribution in [0.15, 0.2) is 40.8 Å². The molecule has 0 bridgehead atoms. The normalized spacial score (nSPS) is 18.9. The second kappa shape index (κ2) is 9.09. The Bertz CT molecular complexity index is 913. The molecule has 0 aliphatic carbocycles.